The Morgan fingerprint density at radius 1 is 1.30 bits per heavy atom. The van der Waals surface area contributed by atoms with E-state index in [2.05, 4.69) is 25.7 Å². The van der Waals surface area contributed by atoms with Gasteiger partial charge in [-0.1, -0.05) is 23.3 Å². The number of carbonyl (C=O) groups excluding carboxylic acids is 1. The number of carbonyl (C=O) groups is 1. The maximum absolute atomic E-state index is 12.2. The number of anilines is 1. The van der Waals surface area contributed by atoms with E-state index < -0.39 is 0 Å². The third-order valence-corrected chi connectivity index (χ3v) is 3.27. The second-order valence-electron chi connectivity index (χ2n) is 4.79. The van der Waals surface area contributed by atoms with Crippen LogP contribution in [-0.2, 0) is 0 Å². The summed E-state index contributed by atoms with van der Waals surface area (Å²) in [5, 5.41) is 17.9. The Morgan fingerprint density at radius 3 is 3.00 bits per heavy atom. The molecule has 1 aliphatic rings. The second kappa shape index (κ2) is 4.16. The van der Waals surface area contributed by atoms with Crippen molar-refractivity contribution in [3.8, 4) is 0 Å². The molecule has 1 saturated carbocycles. The summed E-state index contributed by atoms with van der Waals surface area (Å²) in [5.41, 5.74) is 1.12. The Kier molecular flexibility index (Phi) is 2.32. The van der Waals surface area contributed by atoms with Crippen molar-refractivity contribution in [2.75, 3.05) is 5.32 Å². The van der Waals surface area contributed by atoms with Gasteiger partial charge < -0.3 is 4.42 Å². The predicted molar refractivity (Wildman–Crippen MR) is 70.3 cm³/mol. The molecule has 0 atom stereocenters. The Bertz CT molecular complexity index is 787. The lowest BCUT2D eigenvalue weighted by Gasteiger charge is -1.97. The van der Waals surface area contributed by atoms with Gasteiger partial charge in [-0.25, -0.2) is 0 Å². The monoisotopic (exact) mass is 269 g/mol. The average molecular weight is 269 g/mol. The van der Waals surface area contributed by atoms with Gasteiger partial charge >= 0.3 is 6.01 Å². The average Bonchev–Trinajstić information content (AvgIpc) is 3.06. The van der Waals surface area contributed by atoms with E-state index in [4.69, 9.17) is 4.42 Å². The van der Waals surface area contributed by atoms with Crippen molar-refractivity contribution in [3.63, 3.8) is 0 Å². The van der Waals surface area contributed by atoms with Gasteiger partial charge in [0.15, 0.2) is 5.69 Å². The third kappa shape index (κ3) is 1.83. The van der Waals surface area contributed by atoms with Gasteiger partial charge in [-0.2, -0.15) is 5.10 Å². The largest absolute Gasteiger partial charge is 0.408 e. The zero-order valence-electron chi connectivity index (χ0n) is 10.5. The first-order valence-electron chi connectivity index (χ1n) is 6.39. The van der Waals surface area contributed by atoms with E-state index in [0.717, 1.165) is 23.7 Å². The smallest absolute Gasteiger partial charge is 0.322 e. The third-order valence-electron chi connectivity index (χ3n) is 3.27. The van der Waals surface area contributed by atoms with E-state index in [-0.39, 0.29) is 11.9 Å². The second-order valence-corrected chi connectivity index (χ2v) is 4.79. The molecular weight excluding hydrogens is 258 g/mol. The molecule has 2 aromatic heterocycles. The predicted octanol–water partition coefficient (Wildman–Crippen LogP) is 2.08. The lowest BCUT2D eigenvalue weighted by Crippen LogP contribution is -2.13. The van der Waals surface area contributed by atoms with Crippen molar-refractivity contribution < 1.29 is 9.21 Å². The normalized spacial score (nSPS) is 14.6. The first kappa shape index (κ1) is 11.2. The number of nitrogens with zero attached hydrogens (tertiary/aromatic N) is 3. The van der Waals surface area contributed by atoms with Crippen LogP contribution in [0.4, 0.5) is 6.01 Å². The lowest BCUT2D eigenvalue weighted by molar-refractivity contribution is 0.102. The highest BCUT2D eigenvalue weighted by Crippen LogP contribution is 2.39. The van der Waals surface area contributed by atoms with Gasteiger partial charge in [0.1, 0.15) is 0 Å². The Hall–Kier alpha value is -2.70. The number of benzene rings is 1. The van der Waals surface area contributed by atoms with Crippen LogP contribution in [0.1, 0.15) is 35.1 Å². The highest BCUT2D eigenvalue weighted by molar-refractivity contribution is 6.10. The summed E-state index contributed by atoms with van der Waals surface area (Å²) < 4.78 is 5.40. The number of amides is 1. The number of hydrogen-bond acceptors (Lipinski definition) is 5. The summed E-state index contributed by atoms with van der Waals surface area (Å²) in [6.07, 6.45) is 2.14. The Balaban J connectivity index is 1.59. The van der Waals surface area contributed by atoms with Crippen molar-refractivity contribution in [3.05, 3.63) is 35.9 Å². The summed E-state index contributed by atoms with van der Waals surface area (Å²) in [4.78, 5) is 12.2. The van der Waals surface area contributed by atoms with Crippen LogP contribution >= 0.6 is 0 Å². The highest BCUT2D eigenvalue weighted by Gasteiger charge is 2.29. The van der Waals surface area contributed by atoms with E-state index in [1.807, 2.05) is 24.3 Å². The number of rotatable bonds is 3. The molecule has 2 N–H and O–H groups in total. The van der Waals surface area contributed by atoms with Gasteiger partial charge in [0.05, 0.1) is 5.52 Å². The molecule has 0 saturated heterocycles. The molecule has 4 rings (SSSR count). The molecule has 3 aromatic rings. The van der Waals surface area contributed by atoms with Gasteiger partial charge in [0.25, 0.3) is 5.91 Å². The SMILES string of the molecule is O=C(Nc1nnc(C2CC2)o1)c1n[nH]c2ccccc12. The van der Waals surface area contributed by atoms with Gasteiger partial charge in [-0.05, 0) is 18.9 Å². The number of fused-ring (bicyclic) bond motifs is 1. The number of hydrogen-bond donors (Lipinski definition) is 2. The van der Waals surface area contributed by atoms with E-state index in [1.165, 1.54) is 0 Å². The van der Waals surface area contributed by atoms with Crippen LogP contribution in [-0.4, -0.2) is 26.3 Å². The number of nitrogens with one attached hydrogen (secondary N) is 2. The molecule has 1 aliphatic carbocycles. The molecule has 1 fully saturated rings. The zero-order chi connectivity index (χ0) is 13.5. The number of aromatic amines is 1. The summed E-state index contributed by atoms with van der Waals surface area (Å²) in [7, 11) is 0. The van der Waals surface area contributed by atoms with Crippen LogP contribution in [0, 0.1) is 0 Å². The van der Waals surface area contributed by atoms with Gasteiger partial charge in [0, 0.05) is 11.3 Å². The van der Waals surface area contributed by atoms with Crippen molar-refractivity contribution in [2.24, 2.45) is 0 Å². The summed E-state index contributed by atoms with van der Waals surface area (Å²) in [6.45, 7) is 0. The highest BCUT2D eigenvalue weighted by atomic mass is 16.4. The minimum absolute atomic E-state index is 0.115. The summed E-state index contributed by atoms with van der Waals surface area (Å²) >= 11 is 0. The molecule has 1 amide bonds. The van der Waals surface area contributed by atoms with Crippen LogP contribution in [0.15, 0.2) is 28.7 Å². The maximum atomic E-state index is 12.2. The van der Waals surface area contributed by atoms with Crippen molar-refractivity contribution in [2.45, 2.75) is 18.8 Å². The lowest BCUT2D eigenvalue weighted by atomic mass is 10.2. The van der Waals surface area contributed by atoms with Crippen LogP contribution < -0.4 is 5.32 Å². The Labute approximate surface area is 113 Å². The van der Waals surface area contributed by atoms with E-state index in [1.54, 1.807) is 0 Å². The molecule has 0 unspecified atom stereocenters. The van der Waals surface area contributed by atoms with Crippen LogP contribution in [0.25, 0.3) is 10.9 Å². The van der Waals surface area contributed by atoms with Gasteiger partial charge in [0.2, 0.25) is 5.89 Å². The Morgan fingerprint density at radius 2 is 2.15 bits per heavy atom. The van der Waals surface area contributed by atoms with Gasteiger partial charge in [-0.3, -0.25) is 15.2 Å². The van der Waals surface area contributed by atoms with Crippen molar-refractivity contribution >= 4 is 22.8 Å². The minimum Gasteiger partial charge on any atom is -0.408 e. The molecule has 20 heavy (non-hydrogen) atoms. The number of para-hydroxylation sites is 1. The van der Waals surface area contributed by atoms with Crippen molar-refractivity contribution in [1.29, 1.82) is 0 Å². The molecule has 1 aromatic carbocycles. The molecule has 0 bridgehead atoms. The zero-order valence-corrected chi connectivity index (χ0v) is 10.5. The topological polar surface area (TPSA) is 96.7 Å². The van der Waals surface area contributed by atoms with Crippen LogP contribution in [0.2, 0.25) is 0 Å². The fourth-order valence-electron chi connectivity index (χ4n) is 2.07. The maximum Gasteiger partial charge on any atom is 0.322 e. The van der Waals surface area contributed by atoms with E-state index in [9.17, 15) is 4.79 Å². The molecule has 0 radical (unpaired) electrons. The molecule has 100 valence electrons. The number of H-pyrrole nitrogens is 1. The molecule has 7 heteroatoms. The summed E-state index contributed by atoms with van der Waals surface area (Å²) in [5.74, 6) is 0.583. The van der Waals surface area contributed by atoms with E-state index in [0.29, 0.717) is 17.5 Å². The van der Waals surface area contributed by atoms with Crippen LogP contribution in [0.5, 0.6) is 0 Å². The molecule has 2 heterocycles. The number of aromatic nitrogens is 4. The van der Waals surface area contributed by atoms with Crippen molar-refractivity contribution in [1.82, 2.24) is 20.4 Å². The molecule has 7 nitrogen and oxygen atoms in total. The minimum atomic E-state index is -0.367. The molecule has 0 spiro atoms. The quantitative estimate of drug-likeness (QED) is 0.758. The first-order valence-corrected chi connectivity index (χ1v) is 6.39. The molecular formula is C13H11N5O2. The molecule has 0 aliphatic heterocycles. The van der Waals surface area contributed by atoms with E-state index >= 15 is 0 Å². The summed E-state index contributed by atoms with van der Waals surface area (Å²) in [6, 6.07) is 7.53. The fraction of sp³-hybridized carbons (Fsp3) is 0.231. The van der Waals surface area contributed by atoms with Crippen LogP contribution in [0.3, 0.4) is 0 Å². The van der Waals surface area contributed by atoms with Gasteiger partial charge in [-0.15, -0.1) is 5.10 Å². The fourth-order valence-corrected chi connectivity index (χ4v) is 2.07. The standard InChI is InChI=1S/C13H11N5O2/c19-11(10-8-3-1-2-4-9(8)15-16-10)14-13-18-17-12(20-13)7-5-6-7/h1-4,7H,5-6H2,(H,15,16)(H,14,18,19). The first-order chi connectivity index (χ1) is 9.81.